The van der Waals surface area contributed by atoms with Gasteiger partial charge in [-0.05, 0) is 79.5 Å². The number of benzene rings is 2. The van der Waals surface area contributed by atoms with Crippen molar-refractivity contribution in [3.05, 3.63) is 94.4 Å². The lowest BCUT2D eigenvalue weighted by Crippen LogP contribution is -2.18. The highest BCUT2D eigenvalue weighted by atomic mass is 35.5. The van der Waals surface area contributed by atoms with Gasteiger partial charge in [-0.15, -0.1) is 0 Å². The molecule has 1 amide bonds. The summed E-state index contributed by atoms with van der Waals surface area (Å²) in [6.45, 7) is 4.02. The zero-order valence-corrected chi connectivity index (χ0v) is 19.9. The SMILES string of the molecule is COc1cc(/C=N/NC(=O)c2cccc(-n3c(C)ccc3C)c2)ccc1Oc1nc(Cl)ncc1F. The zero-order valence-electron chi connectivity index (χ0n) is 19.1. The number of aromatic nitrogens is 3. The monoisotopic (exact) mass is 493 g/mol. The predicted octanol–water partition coefficient (Wildman–Crippen LogP) is 5.24. The molecule has 0 fully saturated rings. The van der Waals surface area contributed by atoms with Crippen LogP contribution in [0.1, 0.15) is 27.3 Å². The lowest BCUT2D eigenvalue weighted by molar-refractivity contribution is 0.0955. The number of methoxy groups -OCH3 is 1. The largest absolute Gasteiger partial charge is 0.493 e. The van der Waals surface area contributed by atoms with Crippen LogP contribution in [0.15, 0.2) is 65.9 Å². The second-order valence-corrected chi connectivity index (χ2v) is 7.84. The molecular formula is C25H21ClFN5O3. The fourth-order valence-corrected chi connectivity index (χ4v) is 3.57. The van der Waals surface area contributed by atoms with Crippen molar-refractivity contribution in [1.82, 2.24) is 20.0 Å². The molecule has 0 bridgehead atoms. The average molecular weight is 494 g/mol. The average Bonchev–Trinajstić information content (AvgIpc) is 3.19. The molecule has 4 rings (SSSR count). The van der Waals surface area contributed by atoms with Gasteiger partial charge in [-0.2, -0.15) is 14.5 Å². The van der Waals surface area contributed by atoms with E-state index in [1.165, 1.54) is 13.3 Å². The number of aryl methyl sites for hydroxylation is 2. The molecule has 0 aliphatic rings. The number of amides is 1. The molecular weight excluding hydrogens is 473 g/mol. The highest BCUT2D eigenvalue weighted by Crippen LogP contribution is 2.32. The van der Waals surface area contributed by atoms with Crippen LogP contribution < -0.4 is 14.9 Å². The summed E-state index contributed by atoms with van der Waals surface area (Å²) in [5, 5.41) is 3.89. The van der Waals surface area contributed by atoms with Gasteiger partial charge in [0.15, 0.2) is 11.5 Å². The summed E-state index contributed by atoms with van der Waals surface area (Å²) in [7, 11) is 1.44. The number of carbonyl (C=O) groups is 1. The van der Waals surface area contributed by atoms with Crippen molar-refractivity contribution in [3.63, 3.8) is 0 Å². The minimum Gasteiger partial charge on any atom is -0.493 e. The van der Waals surface area contributed by atoms with E-state index >= 15 is 0 Å². The quantitative estimate of drug-likeness (QED) is 0.216. The zero-order chi connectivity index (χ0) is 24.9. The van der Waals surface area contributed by atoms with Crippen LogP contribution in [-0.4, -0.2) is 33.8 Å². The van der Waals surface area contributed by atoms with Gasteiger partial charge in [0, 0.05) is 22.6 Å². The molecule has 1 N–H and O–H groups in total. The molecule has 178 valence electrons. The third-order valence-corrected chi connectivity index (χ3v) is 5.28. The van der Waals surface area contributed by atoms with Gasteiger partial charge in [0.05, 0.1) is 19.5 Å². The summed E-state index contributed by atoms with van der Waals surface area (Å²) in [6, 6.07) is 16.2. The summed E-state index contributed by atoms with van der Waals surface area (Å²) in [5.74, 6) is -0.927. The van der Waals surface area contributed by atoms with Gasteiger partial charge in [0.25, 0.3) is 11.8 Å². The molecule has 0 radical (unpaired) electrons. The smallest absolute Gasteiger partial charge is 0.271 e. The standard InChI is InChI=1S/C25H21ClFN5O3/c1-15-7-8-16(2)32(15)19-6-4-5-18(12-19)23(33)31-29-13-17-9-10-21(22(11-17)34-3)35-24-20(27)14-28-25(26)30-24/h4-14H,1-3H3,(H,31,33)/b29-13+. The normalized spacial score (nSPS) is 11.0. The molecule has 0 aliphatic carbocycles. The number of nitrogens with zero attached hydrogens (tertiary/aromatic N) is 4. The molecule has 0 saturated heterocycles. The van der Waals surface area contributed by atoms with Crippen LogP contribution >= 0.6 is 11.6 Å². The summed E-state index contributed by atoms with van der Waals surface area (Å²) in [4.78, 5) is 19.9. The van der Waals surface area contributed by atoms with Gasteiger partial charge in [-0.3, -0.25) is 4.79 Å². The summed E-state index contributed by atoms with van der Waals surface area (Å²) in [5.41, 5.74) is 6.65. The highest BCUT2D eigenvalue weighted by Gasteiger charge is 2.13. The molecule has 10 heteroatoms. The van der Waals surface area contributed by atoms with E-state index in [1.807, 2.05) is 38.1 Å². The molecule has 0 spiro atoms. The number of carbonyl (C=O) groups excluding carboxylic acids is 1. The number of hydrogen-bond donors (Lipinski definition) is 1. The van der Waals surface area contributed by atoms with Crippen molar-refractivity contribution >= 4 is 23.7 Å². The van der Waals surface area contributed by atoms with Crippen LogP contribution in [0.5, 0.6) is 17.4 Å². The maximum absolute atomic E-state index is 13.9. The Balaban J connectivity index is 1.46. The molecule has 2 heterocycles. The fraction of sp³-hybridized carbons (Fsp3) is 0.120. The molecule has 0 unspecified atom stereocenters. The summed E-state index contributed by atoms with van der Waals surface area (Å²) in [6.07, 6.45) is 2.37. The Morgan fingerprint density at radius 1 is 1.11 bits per heavy atom. The van der Waals surface area contributed by atoms with Crippen molar-refractivity contribution in [1.29, 1.82) is 0 Å². The summed E-state index contributed by atoms with van der Waals surface area (Å²) >= 11 is 5.70. The highest BCUT2D eigenvalue weighted by molar-refractivity contribution is 6.28. The van der Waals surface area contributed by atoms with Crippen molar-refractivity contribution in [3.8, 4) is 23.1 Å². The Morgan fingerprint density at radius 3 is 2.63 bits per heavy atom. The number of ether oxygens (including phenoxy) is 2. The third kappa shape index (κ3) is 5.47. The first-order chi connectivity index (χ1) is 16.9. The molecule has 0 aliphatic heterocycles. The Labute approximate surface area is 206 Å². The van der Waals surface area contributed by atoms with Crippen molar-refractivity contribution < 1.29 is 18.7 Å². The van der Waals surface area contributed by atoms with Crippen molar-refractivity contribution in [2.24, 2.45) is 5.10 Å². The first-order valence-electron chi connectivity index (χ1n) is 10.5. The van der Waals surface area contributed by atoms with Crippen LogP contribution in [0.25, 0.3) is 5.69 Å². The van der Waals surface area contributed by atoms with Crippen molar-refractivity contribution in [2.45, 2.75) is 13.8 Å². The van der Waals surface area contributed by atoms with E-state index in [4.69, 9.17) is 21.1 Å². The van der Waals surface area contributed by atoms with E-state index in [0.29, 0.717) is 16.9 Å². The lowest BCUT2D eigenvalue weighted by Gasteiger charge is -2.11. The Morgan fingerprint density at radius 2 is 1.89 bits per heavy atom. The fourth-order valence-electron chi connectivity index (χ4n) is 3.45. The number of halogens is 2. The Hall–Kier alpha value is -4.24. The minimum atomic E-state index is -0.768. The lowest BCUT2D eigenvalue weighted by atomic mass is 10.2. The van der Waals surface area contributed by atoms with Gasteiger partial charge in [-0.1, -0.05) is 6.07 Å². The Bertz CT molecular complexity index is 1400. The molecule has 2 aromatic heterocycles. The van der Waals surface area contributed by atoms with Gasteiger partial charge < -0.3 is 14.0 Å². The molecule has 35 heavy (non-hydrogen) atoms. The molecule has 0 saturated carbocycles. The van der Waals surface area contributed by atoms with E-state index in [0.717, 1.165) is 23.3 Å². The molecule has 2 aromatic carbocycles. The van der Waals surface area contributed by atoms with E-state index in [-0.39, 0.29) is 22.8 Å². The molecule has 0 atom stereocenters. The third-order valence-electron chi connectivity index (χ3n) is 5.09. The van der Waals surface area contributed by atoms with Crippen LogP contribution in [0.3, 0.4) is 0 Å². The van der Waals surface area contributed by atoms with E-state index in [1.54, 1.807) is 30.3 Å². The predicted molar refractivity (Wildman–Crippen MR) is 130 cm³/mol. The number of rotatable bonds is 7. The maximum Gasteiger partial charge on any atom is 0.271 e. The van der Waals surface area contributed by atoms with Gasteiger partial charge in [0.2, 0.25) is 11.1 Å². The first kappa shape index (κ1) is 23.9. The van der Waals surface area contributed by atoms with Crippen LogP contribution in [0, 0.1) is 19.7 Å². The van der Waals surface area contributed by atoms with Gasteiger partial charge >= 0.3 is 0 Å². The maximum atomic E-state index is 13.9. The van der Waals surface area contributed by atoms with Crippen LogP contribution in [0.2, 0.25) is 5.28 Å². The van der Waals surface area contributed by atoms with Crippen molar-refractivity contribution in [2.75, 3.05) is 7.11 Å². The van der Waals surface area contributed by atoms with Crippen LogP contribution in [-0.2, 0) is 0 Å². The van der Waals surface area contributed by atoms with E-state index in [9.17, 15) is 9.18 Å². The second-order valence-electron chi connectivity index (χ2n) is 7.51. The molecule has 4 aromatic rings. The van der Waals surface area contributed by atoms with Gasteiger partial charge in [-0.25, -0.2) is 10.4 Å². The first-order valence-corrected chi connectivity index (χ1v) is 10.9. The topological polar surface area (TPSA) is 90.6 Å². The van der Waals surface area contributed by atoms with Gasteiger partial charge in [0.1, 0.15) is 0 Å². The number of nitrogens with one attached hydrogen (secondary N) is 1. The minimum absolute atomic E-state index is 0.149. The molecule has 8 nitrogen and oxygen atoms in total. The van der Waals surface area contributed by atoms with E-state index in [2.05, 4.69) is 25.1 Å². The summed E-state index contributed by atoms with van der Waals surface area (Å²) < 4.78 is 26.7. The Kier molecular flexibility index (Phi) is 7.07. The second kappa shape index (κ2) is 10.4. The number of hydrogen-bond acceptors (Lipinski definition) is 6. The number of hydrazone groups is 1. The van der Waals surface area contributed by atoms with E-state index < -0.39 is 5.82 Å². The van der Waals surface area contributed by atoms with Crippen LogP contribution in [0.4, 0.5) is 4.39 Å².